The zero-order chi connectivity index (χ0) is 20.2. The molecule has 0 saturated heterocycles. The number of nitrogens with one attached hydrogen (secondary N) is 1. The van der Waals surface area contributed by atoms with E-state index in [1.54, 1.807) is 24.4 Å². The summed E-state index contributed by atoms with van der Waals surface area (Å²) >= 11 is 0. The van der Waals surface area contributed by atoms with Gasteiger partial charge < -0.3 is 14.5 Å². The van der Waals surface area contributed by atoms with E-state index in [1.807, 2.05) is 54.6 Å². The van der Waals surface area contributed by atoms with Crippen LogP contribution in [0.1, 0.15) is 27.6 Å². The molecule has 4 aromatic rings. The number of fused-ring (bicyclic) bond motifs is 1. The Balaban J connectivity index is 1.77. The summed E-state index contributed by atoms with van der Waals surface area (Å²) in [5, 5.41) is 9.96. The van der Waals surface area contributed by atoms with Crippen LogP contribution in [0.3, 0.4) is 0 Å². The SMILES string of the molecule is COc1cc(C#N)ccc1O[C@H](C(=O)c1c[nH]c2ccccc12)c1ccccc1. The lowest BCUT2D eigenvalue weighted by Crippen LogP contribution is -2.19. The Kier molecular flexibility index (Phi) is 5.00. The Bertz CT molecular complexity index is 1210. The lowest BCUT2D eigenvalue weighted by atomic mass is 9.99. The third-order valence-electron chi connectivity index (χ3n) is 4.73. The van der Waals surface area contributed by atoms with Gasteiger partial charge in [0.1, 0.15) is 0 Å². The number of hydrogen-bond acceptors (Lipinski definition) is 4. The number of ketones is 1. The average molecular weight is 382 g/mol. The van der Waals surface area contributed by atoms with Crippen molar-refractivity contribution < 1.29 is 14.3 Å². The van der Waals surface area contributed by atoms with Gasteiger partial charge in [0.05, 0.1) is 18.7 Å². The van der Waals surface area contributed by atoms with Crippen LogP contribution in [-0.2, 0) is 0 Å². The number of nitriles is 1. The number of carbonyl (C=O) groups is 1. The second kappa shape index (κ2) is 7.91. The number of rotatable bonds is 6. The van der Waals surface area contributed by atoms with Crippen molar-refractivity contribution in [3.8, 4) is 17.6 Å². The van der Waals surface area contributed by atoms with Gasteiger partial charge in [-0.15, -0.1) is 0 Å². The van der Waals surface area contributed by atoms with Crippen molar-refractivity contribution in [2.45, 2.75) is 6.10 Å². The molecule has 0 spiro atoms. The largest absolute Gasteiger partial charge is 0.493 e. The van der Waals surface area contributed by atoms with Crippen LogP contribution in [0.5, 0.6) is 11.5 Å². The van der Waals surface area contributed by atoms with Gasteiger partial charge in [-0.2, -0.15) is 5.26 Å². The van der Waals surface area contributed by atoms with E-state index in [0.29, 0.717) is 22.6 Å². The molecule has 0 bridgehead atoms. The first-order chi connectivity index (χ1) is 14.2. The minimum Gasteiger partial charge on any atom is -0.493 e. The summed E-state index contributed by atoms with van der Waals surface area (Å²) < 4.78 is 11.5. The summed E-state index contributed by atoms with van der Waals surface area (Å²) in [6.45, 7) is 0. The van der Waals surface area contributed by atoms with E-state index < -0.39 is 6.10 Å². The first kappa shape index (κ1) is 18.3. The number of para-hydroxylation sites is 1. The Hall–Kier alpha value is -4.04. The number of methoxy groups -OCH3 is 1. The third kappa shape index (κ3) is 3.56. The molecule has 29 heavy (non-hydrogen) atoms. The molecule has 0 amide bonds. The van der Waals surface area contributed by atoms with Crippen LogP contribution in [0.25, 0.3) is 10.9 Å². The van der Waals surface area contributed by atoms with E-state index >= 15 is 0 Å². The molecule has 3 aromatic carbocycles. The van der Waals surface area contributed by atoms with Crippen LogP contribution in [0, 0.1) is 11.3 Å². The maximum absolute atomic E-state index is 13.5. The van der Waals surface area contributed by atoms with Crippen molar-refractivity contribution in [3.05, 3.63) is 95.7 Å². The number of Topliss-reactive ketones (excluding diaryl/α,β-unsaturated/α-hetero) is 1. The Morgan fingerprint density at radius 2 is 1.76 bits per heavy atom. The zero-order valence-corrected chi connectivity index (χ0v) is 15.8. The summed E-state index contributed by atoms with van der Waals surface area (Å²) in [6.07, 6.45) is 0.847. The lowest BCUT2D eigenvalue weighted by Gasteiger charge is -2.20. The number of aromatic nitrogens is 1. The zero-order valence-electron chi connectivity index (χ0n) is 15.8. The standard InChI is InChI=1S/C24H18N2O3/c1-28-22-13-16(14-25)11-12-21(22)29-24(17-7-3-2-4-8-17)23(27)19-15-26-20-10-6-5-9-18(19)20/h2-13,15,24,26H,1H3/t24-/m0/s1. The second-order valence-corrected chi connectivity index (χ2v) is 6.50. The van der Waals surface area contributed by atoms with Gasteiger partial charge in [-0.05, 0) is 18.2 Å². The fourth-order valence-electron chi connectivity index (χ4n) is 3.28. The van der Waals surface area contributed by atoms with Crippen molar-refractivity contribution in [2.24, 2.45) is 0 Å². The summed E-state index contributed by atoms with van der Waals surface area (Å²) in [7, 11) is 1.50. The molecule has 0 aliphatic carbocycles. The van der Waals surface area contributed by atoms with E-state index in [1.165, 1.54) is 7.11 Å². The number of ether oxygens (including phenoxy) is 2. The molecule has 0 radical (unpaired) electrons. The van der Waals surface area contributed by atoms with Gasteiger partial charge >= 0.3 is 0 Å². The van der Waals surface area contributed by atoms with Crippen molar-refractivity contribution >= 4 is 16.7 Å². The fraction of sp³-hybridized carbons (Fsp3) is 0.0833. The molecule has 4 rings (SSSR count). The quantitative estimate of drug-likeness (QED) is 0.474. The summed E-state index contributed by atoms with van der Waals surface area (Å²) in [5.41, 5.74) is 2.63. The monoisotopic (exact) mass is 382 g/mol. The molecule has 142 valence electrons. The van der Waals surface area contributed by atoms with E-state index in [9.17, 15) is 4.79 Å². The van der Waals surface area contributed by atoms with Crippen LogP contribution < -0.4 is 9.47 Å². The Labute approximate surface area is 168 Å². The van der Waals surface area contributed by atoms with Gasteiger partial charge in [0.15, 0.2) is 17.6 Å². The van der Waals surface area contributed by atoms with Gasteiger partial charge in [-0.25, -0.2) is 0 Å². The number of benzene rings is 3. The third-order valence-corrected chi connectivity index (χ3v) is 4.73. The molecule has 1 heterocycles. The highest BCUT2D eigenvalue weighted by molar-refractivity contribution is 6.10. The maximum Gasteiger partial charge on any atom is 0.210 e. The highest BCUT2D eigenvalue weighted by Gasteiger charge is 2.27. The number of aromatic amines is 1. The Morgan fingerprint density at radius 3 is 2.52 bits per heavy atom. The molecule has 1 aromatic heterocycles. The first-order valence-electron chi connectivity index (χ1n) is 9.11. The molecule has 1 atom stereocenters. The molecule has 5 nitrogen and oxygen atoms in total. The maximum atomic E-state index is 13.5. The fourth-order valence-corrected chi connectivity index (χ4v) is 3.28. The van der Waals surface area contributed by atoms with Crippen molar-refractivity contribution in [3.63, 3.8) is 0 Å². The lowest BCUT2D eigenvalue weighted by molar-refractivity contribution is 0.0789. The number of nitrogens with zero attached hydrogens (tertiary/aromatic N) is 1. The first-order valence-corrected chi connectivity index (χ1v) is 9.11. The van der Waals surface area contributed by atoms with Gasteiger partial charge in [0.2, 0.25) is 5.78 Å². The number of H-pyrrole nitrogens is 1. The van der Waals surface area contributed by atoms with Crippen LogP contribution in [0.2, 0.25) is 0 Å². The normalized spacial score (nSPS) is 11.6. The van der Waals surface area contributed by atoms with Crippen LogP contribution in [0.4, 0.5) is 0 Å². The average Bonchev–Trinajstić information content (AvgIpc) is 3.22. The van der Waals surface area contributed by atoms with Crippen molar-refractivity contribution in [1.82, 2.24) is 4.98 Å². The highest BCUT2D eigenvalue weighted by atomic mass is 16.5. The van der Waals surface area contributed by atoms with E-state index in [-0.39, 0.29) is 5.78 Å². The van der Waals surface area contributed by atoms with Gasteiger partial charge in [-0.3, -0.25) is 4.79 Å². The number of carbonyl (C=O) groups excluding carboxylic acids is 1. The molecule has 5 heteroatoms. The summed E-state index contributed by atoms with van der Waals surface area (Å²) in [5.74, 6) is 0.630. The molecular weight excluding hydrogens is 364 g/mol. The van der Waals surface area contributed by atoms with Crippen LogP contribution in [-0.4, -0.2) is 17.9 Å². The topological polar surface area (TPSA) is 75.1 Å². The predicted octanol–water partition coefficient (Wildman–Crippen LogP) is 5.05. The molecule has 0 saturated carbocycles. The minimum atomic E-state index is -0.864. The molecule has 0 aliphatic heterocycles. The van der Waals surface area contributed by atoms with Crippen molar-refractivity contribution in [2.75, 3.05) is 7.11 Å². The smallest absolute Gasteiger partial charge is 0.210 e. The summed E-state index contributed by atoms with van der Waals surface area (Å²) in [6, 6.07) is 23.9. The van der Waals surface area contributed by atoms with E-state index in [0.717, 1.165) is 16.5 Å². The second-order valence-electron chi connectivity index (χ2n) is 6.50. The van der Waals surface area contributed by atoms with Crippen LogP contribution >= 0.6 is 0 Å². The van der Waals surface area contributed by atoms with Crippen molar-refractivity contribution in [1.29, 1.82) is 5.26 Å². The molecule has 0 fully saturated rings. The highest BCUT2D eigenvalue weighted by Crippen LogP contribution is 2.34. The minimum absolute atomic E-state index is 0.167. The Morgan fingerprint density at radius 1 is 1.00 bits per heavy atom. The predicted molar refractivity (Wildman–Crippen MR) is 110 cm³/mol. The number of hydrogen-bond donors (Lipinski definition) is 1. The molecular formula is C24H18N2O3. The van der Waals surface area contributed by atoms with Gasteiger partial charge in [0.25, 0.3) is 0 Å². The van der Waals surface area contributed by atoms with Gasteiger partial charge in [0, 0.05) is 34.3 Å². The molecule has 0 aliphatic rings. The van der Waals surface area contributed by atoms with Crippen LogP contribution in [0.15, 0.2) is 79.0 Å². The molecule has 0 unspecified atom stereocenters. The van der Waals surface area contributed by atoms with E-state index in [2.05, 4.69) is 11.1 Å². The van der Waals surface area contributed by atoms with Gasteiger partial charge in [-0.1, -0.05) is 48.5 Å². The summed E-state index contributed by atoms with van der Waals surface area (Å²) in [4.78, 5) is 16.6. The van der Waals surface area contributed by atoms with E-state index in [4.69, 9.17) is 14.7 Å². The molecule has 1 N–H and O–H groups in total.